The van der Waals surface area contributed by atoms with Gasteiger partial charge in [0.25, 0.3) is 11.8 Å². The second kappa shape index (κ2) is 11.8. The van der Waals surface area contributed by atoms with Crippen LogP contribution in [-0.4, -0.2) is 54.7 Å². The predicted molar refractivity (Wildman–Crippen MR) is 145 cm³/mol. The summed E-state index contributed by atoms with van der Waals surface area (Å²) in [6, 6.07) is 8.13. The van der Waals surface area contributed by atoms with E-state index < -0.39 is 41.9 Å². The number of carbonyl (C=O) groups is 3. The van der Waals surface area contributed by atoms with Crippen molar-refractivity contribution in [3.05, 3.63) is 52.3 Å². The maximum atomic E-state index is 13.6. The lowest BCUT2D eigenvalue weighted by Crippen LogP contribution is -2.76. The Balaban J connectivity index is 1.16. The minimum Gasteiger partial charge on any atom is -0.484 e. The van der Waals surface area contributed by atoms with E-state index in [1.54, 1.807) is 0 Å². The SMILES string of the molecule is O=C(COc1ccc(Cl)c(F)c1)NC12CCC1C(NC(=O)C1CN(C(=O)CCCC(F)(F)F)c3cc(Cl)ccc3O1)C2. The molecule has 3 amide bonds. The second-order valence-corrected chi connectivity index (χ2v) is 11.6. The summed E-state index contributed by atoms with van der Waals surface area (Å²) in [6.07, 6.45) is -5.34. The van der Waals surface area contributed by atoms with Crippen LogP contribution in [0.15, 0.2) is 36.4 Å². The highest BCUT2D eigenvalue weighted by Crippen LogP contribution is 2.54. The first-order chi connectivity index (χ1) is 19.8. The van der Waals surface area contributed by atoms with Crippen LogP contribution in [0.4, 0.5) is 23.2 Å². The molecule has 1 aliphatic heterocycles. The molecule has 2 saturated carbocycles. The number of halogens is 6. The Morgan fingerprint density at radius 2 is 1.93 bits per heavy atom. The molecule has 0 saturated heterocycles. The van der Waals surface area contributed by atoms with Crippen LogP contribution in [0, 0.1) is 11.7 Å². The third kappa shape index (κ3) is 6.54. The number of anilines is 1. The molecule has 1 heterocycles. The molecule has 2 aromatic carbocycles. The molecule has 0 bridgehead atoms. The smallest absolute Gasteiger partial charge is 0.389 e. The molecule has 5 rings (SSSR count). The van der Waals surface area contributed by atoms with Crippen LogP contribution in [0.3, 0.4) is 0 Å². The summed E-state index contributed by atoms with van der Waals surface area (Å²) in [7, 11) is 0. The standard InChI is InChI=1S/C28H27Cl2F4N3O5/c29-15-3-6-22-21(10-15)37(25(39)2-1-8-28(32,33)34)13-23(42-22)26(40)35-20-12-27(9-7-17(20)27)36-24(38)14-41-16-4-5-18(30)19(31)11-16/h3-6,10-11,17,20,23H,1-2,7-9,12-14H2,(H,35,40)(H,36,38). The van der Waals surface area contributed by atoms with Crippen molar-refractivity contribution in [2.24, 2.45) is 5.92 Å². The fraction of sp³-hybridized carbons (Fsp3) is 0.464. The molecular formula is C28H27Cl2F4N3O5. The molecule has 4 atom stereocenters. The molecule has 2 fully saturated rings. The van der Waals surface area contributed by atoms with Crippen molar-refractivity contribution in [3.63, 3.8) is 0 Å². The van der Waals surface area contributed by atoms with Crippen LogP contribution in [0.25, 0.3) is 0 Å². The van der Waals surface area contributed by atoms with Crippen molar-refractivity contribution in [3.8, 4) is 11.5 Å². The van der Waals surface area contributed by atoms with Gasteiger partial charge in [0.2, 0.25) is 5.91 Å². The number of nitrogens with one attached hydrogen (secondary N) is 2. The van der Waals surface area contributed by atoms with Crippen molar-refractivity contribution in [1.29, 1.82) is 0 Å². The van der Waals surface area contributed by atoms with E-state index in [2.05, 4.69) is 10.6 Å². The molecule has 3 aliphatic rings. The lowest BCUT2D eigenvalue weighted by atomic mass is 9.50. The summed E-state index contributed by atoms with van der Waals surface area (Å²) in [5.41, 5.74) is -0.197. The number of nitrogens with zero attached hydrogens (tertiary/aromatic N) is 1. The minimum atomic E-state index is -4.38. The van der Waals surface area contributed by atoms with Crippen molar-refractivity contribution in [2.45, 2.75) is 62.4 Å². The molecule has 42 heavy (non-hydrogen) atoms. The molecular weight excluding hydrogens is 605 g/mol. The number of fused-ring (bicyclic) bond motifs is 2. The molecule has 0 aromatic heterocycles. The Bertz CT molecular complexity index is 1390. The lowest BCUT2D eigenvalue weighted by molar-refractivity contribution is -0.140. The first-order valence-corrected chi connectivity index (χ1v) is 14.1. The largest absolute Gasteiger partial charge is 0.484 e. The van der Waals surface area contributed by atoms with E-state index in [1.165, 1.54) is 35.2 Å². The Hall–Kier alpha value is -3.25. The first-order valence-electron chi connectivity index (χ1n) is 13.4. The van der Waals surface area contributed by atoms with Gasteiger partial charge in [0.05, 0.1) is 17.3 Å². The molecule has 2 aromatic rings. The summed E-state index contributed by atoms with van der Waals surface area (Å²) in [4.78, 5) is 39.9. The van der Waals surface area contributed by atoms with E-state index in [9.17, 15) is 31.9 Å². The Labute approximate surface area is 248 Å². The zero-order chi connectivity index (χ0) is 30.2. The third-order valence-electron chi connectivity index (χ3n) is 7.93. The Morgan fingerprint density at radius 3 is 2.60 bits per heavy atom. The predicted octanol–water partition coefficient (Wildman–Crippen LogP) is 5.19. The Kier molecular flexibility index (Phi) is 8.48. The van der Waals surface area contributed by atoms with Crippen LogP contribution in [0.2, 0.25) is 10.0 Å². The molecule has 4 unspecified atom stereocenters. The van der Waals surface area contributed by atoms with Gasteiger partial charge in [-0.2, -0.15) is 13.2 Å². The number of alkyl halides is 3. The van der Waals surface area contributed by atoms with Crippen molar-refractivity contribution in [1.82, 2.24) is 10.6 Å². The fourth-order valence-corrected chi connectivity index (χ4v) is 6.02. The fourth-order valence-electron chi connectivity index (χ4n) is 5.74. The van der Waals surface area contributed by atoms with Gasteiger partial charge in [0.1, 0.15) is 17.3 Å². The number of carbonyl (C=O) groups excluding carboxylic acids is 3. The van der Waals surface area contributed by atoms with Crippen molar-refractivity contribution < 1.29 is 41.4 Å². The van der Waals surface area contributed by atoms with Gasteiger partial charge in [0.15, 0.2) is 12.7 Å². The van der Waals surface area contributed by atoms with Gasteiger partial charge in [-0.05, 0) is 56.0 Å². The minimum absolute atomic E-state index is 0.0202. The van der Waals surface area contributed by atoms with Gasteiger partial charge in [-0.15, -0.1) is 0 Å². The molecule has 8 nitrogen and oxygen atoms in total. The zero-order valence-corrected chi connectivity index (χ0v) is 23.6. The van der Waals surface area contributed by atoms with Gasteiger partial charge < -0.3 is 25.0 Å². The molecule has 14 heteroatoms. The van der Waals surface area contributed by atoms with E-state index in [1.807, 2.05) is 0 Å². The second-order valence-electron chi connectivity index (χ2n) is 10.7. The quantitative estimate of drug-likeness (QED) is 0.371. The van der Waals surface area contributed by atoms with E-state index in [4.69, 9.17) is 32.7 Å². The summed E-state index contributed by atoms with van der Waals surface area (Å²) < 4.78 is 62.6. The number of benzene rings is 2. The first kappa shape index (κ1) is 30.2. The molecule has 2 aliphatic carbocycles. The Morgan fingerprint density at radius 1 is 1.14 bits per heavy atom. The van der Waals surface area contributed by atoms with Gasteiger partial charge in [-0.25, -0.2) is 4.39 Å². The summed E-state index contributed by atoms with van der Waals surface area (Å²) >= 11 is 11.7. The van der Waals surface area contributed by atoms with Crippen LogP contribution < -0.4 is 25.0 Å². The van der Waals surface area contributed by atoms with E-state index >= 15 is 0 Å². The van der Waals surface area contributed by atoms with Gasteiger partial charge in [0, 0.05) is 41.4 Å². The van der Waals surface area contributed by atoms with Gasteiger partial charge >= 0.3 is 6.18 Å². The molecule has 2 N–H and O–H groups in total. The average molecular weight is 632 g/mol. The van der Waals surface area contributed by atoms with Gasteiger partial charge in [-0.3, -0.25) is 14.4 Å². The average Bonchev–Trinajstić information content (AvgIpc) is 2.91. The monoisotopic (exact) mass is 631 g/mol. The van der Waals surface area contributed by atoms with Crippen LogP contribution in [0.5, 0.6) is 11.5 Å². The molecule has 0 spiro atoms. The van der Waals surface area contributed by atoms with Crippen LogP contribution in [0.1, 0.15) is 38.5 Å². The third-order valence-corrected chi connectivity index (χ3v) is 8.47. The number of amides is 3. The van der Waals surface area contributed by atoms with Crippen molar-refractivity contribution >= 4 is 46.6 Å². The van der Waals surface area contributed by atoms with Gasteiger partial charge in [-0.1, -0.05) is 23.2 Å². The van der Waals surface area contributed by atoms with E-state index in [0.29, 0.717) is 11.4 Å². The normalized spacial score (nSPS) is 24.2. The summed E-state index contributed by atoms with van der Waals surface area (Å²) in [5.74, 6) is -1.73. The molecule has 226 valence electrons. The lowest BCUT2D eigenvalue weighted by Gasteiger charge is -2.63. The topological polar surface area (TPSA) is 97.0 Å². The maximum Gasteiger partial charge on any atom is 0.389 e. The number of ether oxygens (including phenoxy) is 2. The van der Waals surface area contributed by atoms with Crippen molar-refractivity contribution in [2.75, 3.05) is 18.1 Å². The van der Waals surface area contributed by atoms with E-state index in [-0.39, 0.29) is 66.1 Å². The maximum absolute atomic E-state index is 13.6. The summed E-state index contributed by atoms with van der Waals surface area (Å²) in [6.45, 7) is -0.509. The highest BCUT2D eigenvalue weighted by Gasteiger charge is 2.61. The number of hydrogen-bond acceptors (Lipinski definition) is 5. The molecule has 0 radical (unpaired) electrons. The number of rotatable bonds is 9. The van der Waals surface area contributed by atoms with Crippen LogP contribution >= 0.6 is 23.2 Å². The van der Waals surface area contributed by atoms with Crippen LogP contribution in [-0.2, 0) is 14.4 Å². The highest BCUT2D eigenvalue weighted by atomic mass is 35.5. The number of hydrogen-bond donors (Lipinski definition) is 2. The highest BCUT2D eigenvalue weighted by molar-refractivity contribution is 6.31. The summed E-state index contributed by atoms with van der Waals surface area (Å²) in [5, 5.41) is 6.15. The van der Waals surface area contributed by atoms with E-state index in [0.717, 1.165) is 18.9 Å². The zero-order valence-electron chi connectivity index (χ0n) is 22.1.